The van der Waals surface area contributed by atoms with Crippen molar-refractivity contribution in [1.82, 2.24) is 14.9 Å². The van der Waals surface area contributed by atoms with Crippen molar-refractivity contribution >= 4 is 23.2 Å². The lowest BCUT2D eigenvalue weighted by Crippen LogP contribution is -2.55. The molecular formula is C29H31F5N6O2. The number of likely N-dealkylation sites (N-methyl/N-ethyl adjacent to an activating group) is 1. The molecule has 5 rings (SSSR count). The van der Waals surface area contributed by atoms with Crippen LogP contribution in [0.5, 0.6) is 0 Å². The van der Waals surface area contributed by atoms with Gasteiger partial charge < -0.3 is 19.9 Å². The van der Waals surface area contributed by atoms with Crippen LogP contribution in [0.25, 0.3) is 11.1 Å². The molecule has 2 saturated heterocycles. The van der Waals surface area contributed by atoms with Gasteiger partial charge in [0.1, 0.15) is 11.6 Å². The number of nitrogens with one attached hydrogen (secondary N) is 1. The van der Waals surface area contributed by atoms with Gasteiger partial charge in [0.2, 0.25) is 5.95 Å². The van der Waals surface area contributed by atoms with E-state index in [1.54, 1.807) is 0 Å². The number of hydrogen-bond donors (Lipinski definition) is 1. The van der Waals surface area contributed by atoms with E-state index in [-0.39, 0.29) is 23.3 Å². The molecule has 224 valence electrons. The molecule has 1 N–H and O–H groups in total. The average molecular weight is 591 g/mol. The second-order valence-corrected chi connectivity index (χ2v) is 10.6. The maximum Gasteiger partial charge on any atom is 0.417 e. The monoisotopic (exact) mass is 590 g/mol. The minimum atomic E-state index is -4.89. The highest BCUT2D eigenvalue weighted by molar-refractivity contribution is 6.07. The molecule has 0 spiro atoms. The summed E-state index contributed by atoms with van der Waals surface area (Å²) in [5.41, 5.74) is -1.42. The first kappa shape index (κ1) is 29.6. The average Bonchev–Trinajstić information content (AvgIpc) is 2.96. The van der Waals surface area contributed by atoms with Crippen LogP contribution in [0.1, 0.15) is 29.8 Å². The number of aromatic nitrogens is 2. The lowest BCUT2D eigenvalue weighted by atomic mass is 10.0. The third-order valence-corrected chi connectivity index (χ3v) is 7.81. The van der Waals surface area contributed by atoms with Crippen LogP contribution in [0.4, 0.5) is 39.3 Å². The van der Waals surface area contributed by atoms with E-state index >= 15 is 4.39 Å². The number of rotatable bonds is 5. The Morgan fingerprint density at radius 2 is 1.62 bits per heavy atom. The van der Waals surface area contributed by atoms with Gasteiger partial charge in [-0.25, -0.2) is 18.7 Å². The normalized spacial score (nSPS) is 20.1. The van der Waals surface area contributed by atoms with Crippen molar-refractivity contribution in [2.75, 3.05) is 61.6 Å². The Morgan fingerprint density at radius 3 is 2.24 bits per heavy atom. The standard InChI is InChI=1S/C29H31F5N6O2/c1-17-15-40(16-18(2)38(17)3)26-12-24(31)21(19-13-35-28(36-14-19)39-6-8-42-9-7-39)11-25(26)37-27(41)22-10-20(30)4-5-23(22)29(32,33)34/h4-5,10-14,17-18H,6-9,15-16H2,1-3H3,(H,37,41). The molecule has 42 heavy (non-hydrogen) atoms. The van der Waals surface area contributed by atoms with Gasteiger partial charge in [0.15, 0.2) is 0 Å². The second kappa shape index (κ2) is 11.8. The molecule has 1 amide bonds. The third kappa shape index (κ3) is 6.16. The molecule has 2 aromatic carbocycles. The number of ether oxygens (including phenoxy) is 1. The first-order chi connectivity index (χ1) is 19.9. The maximum absolute atomic E-state index is 15.7. The number of carbonyl (C=O) groups excluding carboxylic acids is 1. The number of morpholine rings is 1. The second-order valence-electron chi connectivity index (χ2n) is 10.6. The van der Waals surface area contributed by atoms with Crippen LogP contribution in [0.2, 0.25) is 0 Å². The Morgan fingerprint density at radius 1 is 0.976 bits per heavy atom. The molecule has 2 atom stereocenters. The Kier molecular flexibility index (Phi) is 8.33. The summed E-state index contributed by atoms with van der Waals surface area (Å²) in [5.74, 6) is -2.33. The van der Waals surface area contributed by atoms with Crippen molar-refractivity contribution in [3.05, 3.63) is 65.5 Å². The quantitative estimate of drug-likeness (QED) is 0.417. The molecule has 13 heteroatoms. The minimum Gasteiger partial charge on any atom is -0.378 e. The van der Waals surface area contributed by atoms with Crippen LogP contribution in [-0.4, -0.2) is 79.3 Å². The largest absolute Gasteiger partial charge is 0.417 e. The first-order valence-corrected chi connectivity index (χ1v) is 13.6. The van der Waals surface area contributed by atoms with E-state index in [0.717, 1.165) is 0 Å². The summed E-state index contributed by atoms with van der Waals surface area (Å²) in [4.78, 5) is 28.0. The van der Waals surface area contributed by atoms with Gasteiger partial charge in [0.25, 0.3) is 5.91 Å². The van der Waals surface area contributed by atoms with Gasteiger partial charge in [-0.05, 0) is 51.2 Å². The number of carbonyl (C=O) groups is 1. The molecule has 0 radical (unpaired) electrons. The Hall–Kier alpha value is -3.84. The van der Waals surface area contributed by atoms with Crippen LogP contribution < -0.4 is 15.1 Å². The topological polar surface area (TPSA) is 73.8 Å². The molecule has 2 unspecified atom stereocenters. The highest BCUT2D eigenvalue weighted by Gasteiger charge is 2.36. The third-order valence-electron chi connectivity index (χ3n) is 7.81. The lowest BCUT2D eigenvalue weighted by molar-refractivity contribution is -0.137. The number of benzene rings is 2. The van der Waals surface area contributed by atoms with Crippen LogP contribution in [0.15, 0.2) is 42.7 Å². The van der Waals surface area contributed by atoms with Gasteiger partial charge in [0, 0.05) is 61.8 Å². The van der Waals surface area contributed by atoms with E-state index in [4.69, 9.17) is 4.74 Å². The Balaban J connectivity index is 1.55. The molecule has 0 bridgehead atoms. The number of amides is 1. The summed E-state index contributed by atoms with van der Waals surface area (Å²) in [6.07, 6.45) is -1.98. The summed E-state index contributed by atoms with van der Waals surface area (Å²) in [5, 5.41) is 2.51. The van der Waals surface area contributed by atoms with Crippen molar-refractivity contribution in [1.29, 1.82) is 0 Å². The summed E-state index contributed by atoms with van der Waals surface area (Å²) in [7, 11) is 1.97. The van der Waals surface area contributed by atoms with Crippen molar-refractivity contribution in [2.45, 2.75) is 32.1 Å². The number of anilines is 3. The van der Waals surface area contributed by atoms with Gasteiger partial charge in [-0.15, -0.1) is 0 Å². The Bertz CT molecular complexity index is 1430. The molecule has 0 saturated carbocycles. The minimum absolute atomic E-state index is 0.0492. The summed E-state index contributed by atoms with van der Waals surface area (Å²) >= 11 is 0. The highest BCUT2D eigenvalue weighted by Crippen LogP contribution is 2.37. The zero-order valence-electron chi connectivity index (χ0n) is 23.4. The van der Waals surface area contributed by atoms with Crippen molar-refractivity contribution < 1.29 is 31.5 Å². The number of hydrogen-bond acceptors (Lipinski definition) is 7. The fraction of sp³-hybridized carbons (Fsp3) is 0.414. The van der Waals surface area contributed by atoms with E-state index in [0.29, 0.717) is 74.8 Å². The lowest BCUT2D eigenvalue weighted by Gasteiger charge is -2.44. The summed E-state index contributed by atoms with van der Waals surface area (Å²) in [6, 6.07) is 4.47. The van der Waals surface area contributed by atoms with E-state index in [9.17, 15) is 22.4 Å². The van der Waals surface area contributed by atoms with Crippen LogP contribution in [0.3, 0.4) is 0 Å². The summed E-state index contributed by atoms with van der Waals surface area (Å²) < 4.78 is 76.1. The van der Waals surface area contributed by atoms with Crippen LogP contribution in [-0.2, 0) is 10.9 Å². The molecule has 2 aliphatic heterocycles. The predicted octanol–water partition coefficient (Wildman–Crippen LogP) is 5.06. The van der Waals surface area contributed by atoms with Crippen molar-refractivity contribution in [3.63, 3.8) is 0 Å². The molecule has 8 nitrogen and oxygen atoms in total. The summed E-state index contributed by atoms with van der Waals surface area (Å²) in [6.45, 7) is 7.26. The smallest absolute Gasteiger partial charge is 0.378 e. The van der Waals surface area contributed by atoms with E-state index in [1.807, 2.05) is 30.7 Å². The number of piperazine rings is 1. The zero-order chi connectivity index (χ0) is 30.2. The fourth-order valence-corrected chi connectivity index (χ4v) is 5.27. The molecule has 3 heterocycles. The molecule has 2 aliphatic rings. The van der Waals surface area contributed by atoms with E-state index in [2.05, 4.69) is 20.2 Å². The van der Waals surface area contributed by atoms with E-state index < -0.39 is 34.8 Å². The van der Waals surface area contributed by atoms with Crippen LogP contribution in [0, 0.1) is 11.6 Å². The molecular weight excluding hydrogens is 559 g/mol. The fourth-order valence-electron chi connectivity index (χ4n) is 5.27. The Labute approximate surface area is 240 Å². The van der Waals surface area contributed by atoms with Gasteiger partial charge in [-0.1, -0.05) is 0 Å². The van der Waals surface area contributed by atoms with Crippen LogP contribution >= 0.6 is 0 Å². The van der Waals surface area contributed by atoms with Gasteiger partial charge in [0.05, 0.1) is 35.7 Å². The SMILES string of the molecule is CC1CN(c2cc(F)c(-c3cnc(N4CCOCC4)nc3)cc2NC(=O)c2cc(F)ccc2C(F)(F)F)CC(C)N1C. The number of nitrogens with zero attached hydrogens (tertiary/aromatic N) is 5. The molecule has 0 aliphatic carbocycles. The molecule has 2 fully saturated rings. The predicted molar refractivity (Wildman–Crippen MR) is 149 cm³/mol. The van der Waals surface area contributed by atoms with Crippen molar-refractivity contribution in [3.8, 4) is 11.1 Å². The van der Waals surface area contributed by atoms with Gasteiger partial charge in [-0.3, -0.25) is 9.69 Å². The van der Waals surface area contributed by atoms with E-state index in [1.165, 1.54) is 24.5 Å². The highest BCUT2D eigenvalue weighted by atomic mass is 19.4. The van der Waals surface area contributed by atoms with Crippen molar-refractivity contribution in [2.24, 2.45) is 0 Å². The van der Waals surface area contributed by atoms with Gasteiger partial charge >= 0.3 is 6.18 Å². The number of alkyl halides is 3. The molecule has 3 aromatic rings. The van der Waals surface area contributed by atoms with Gasteiger partial charge in [-0.2, -0.15) is 13.2 Å². The zero-order valence-corrected chi connectivity index (χ0v) is 23.4. The first-order valence-electron chi connectivity index (χ1n) is 13.6. The molecule has 1 aromatic heterocycles. The maximum atomic E-state index is 15.7. The number of halogens is 5.